The molecule has 2 aromatic carbocycles. The highest BCUT2D eigenvalue weighted by molar-refractivity contribution is 7.16. The number of rotatable bonds is 6. The molecule has 8 nitrogen and oxygen atoms in total. The van der Waals surface area contributed by atoms with Gasteiger partial charge in [0.2, 0.25) is 5.95 Å². The van der Waals surface area contributed by atoms with Gasteiger partial charge >= 0.3 is 0 Å². The van der Waals surface area contributed by atoms with E-state index in [9.17, 15) is 0 Å². The zero-order valence-corrected chi connectivity index (χ0v) is 21.8. The minimum atomic E-state index is -0.427. The molecule has 1 aliphatic carbocycles. The second-order valence-electron chi connectivity index (χ2n) is 9.29. The lowest BCUT2D eigenvalue weighted by Gasteiger charge is -2.18. The van der Waals surface area contributed by atoms with Crippen LogP contribution in [0.2, 0.25) is 0 Å². The van der Waals surface area contributed by atoms with Crippen molar-refractivity contribution in [2.45, 2.75) is 18.9 Å². The predicted molar refractivity (Wildman–Crippen MR) is 158 cm³/mol. The molecule has 9 heteroatoms. The molecular formula is C30H24N8S. The molecular weight excluding hydrogens is 504 g/mol. The summed E-state index contributed by atoms with van der Waals surface area (Å²) in [5.41, 5.74) is 12.2. The van der Waals surface area contributed by atoms with Gasteiger partial charge < -0.3 is 11.1 Å². The Hall–Kier alpha value is -4.89. The third kappa shape index (κ3) is 4.04. The number of hydrogen-bond acceptors (Lipinski definition) is 8. The second kappa shape index (κ2) is 9.45. The van der Waals surface area contributed by atoms with E-state index < -0.39 is 6.04 Å². The number of allylic oxidation sites excluding steroid dienone is 1. The Morgan fingerprint density at radius 1 is 1.00 bits per heavy atom. The van der Waals surface area contributed by atoms with E-state index in [-0.39, 0.29) is 0 Å². The number of nitrogens with zero attached hydrogens (tertiary/aromatic N) is 6. The number of benzene rings is 2. The minimum Gasteiger partial charge on any atom is -0.397 e. The lowest BCUT2D eigenvalue weighted by Crippen LogP contribution is -2.17. The van der Waals surface area contributed by atoms with Crippen LogP contribution in [0, 0.1) is 0 Å². The van der Waals surface area contributed by atoms with E-state index in [2.05, 4.69) is 45.0 Å². The van der Waals surface area contributed by atoms with Gasteiger partial charge in [0, 0.05) is 5.39 Å². The van der Waals surface area contributed by atoms with E-state index in [1.807, 2.05) is 48.5 Å². The molecule has 6 aromatic rings. The monoisotopic (exact) mass is 528 g/mol. The van der Waals surface area contributed by atoms with Crippen molar-refractivity contribution < 1.29 is 0 Å². The molecule has 1 atom stereocenters. The fraction of sp³-hybridized carbons (Fsp3) is 0.100. The summed E-state index contributed by atoms with van der Waals surface area (Å²) in [6, 6.07) is 17.1. The summed E-state index contributed by atoms with van der Waals surface area (Å²) >= 11 is 1.68. The molecule has 0 spiro atoms. The van der Waals surface area contributed by atoms with Gasteiger partial charge in [0.1, 0.15) is 16.6 Å². The van der Waals surface area contributed by atoms with Crippen LogP contribution in [-0.4, -0.2) is 29.5 Å². The van der Waals surface area contributed by atoms with Crippen molar-refractivity contribution in [2.24, 2.45) is 0 Å². The van der Waals surface area contributed by atoms with E-state index in [0.717, 1.165) is 40.1 Å². The van der Waals surface area contributed by atoms with Gasteiger partial charge in [-0.05, 0) is 60.2 Å². The van der Waals surface area contributed by atoms with Crippen LogP contribution < -0.4 is 11.1 Å². The Morgan fingerprint density at radius 3 is 2.72 bits per heavy atom. The van der Waals surface area contributed by atoms with E-state index >= 15 is 0 Å². The lowest BCUT2D eigenvalue weighted by molar-refractivity contribution is 0.802. The third-order valence-electron chi connectivity index (χ3n) is 6.86. The van der Waals surface area contributed by atoms with Crippen LogP contribution in [-0.2, 0) is 6.42 Å². The van der Waals surface area contributed by atoms with Crippen LogP contribution >= 0.6 is 11.3 Å². The topological polar surface area (TPSA) is 107 Å². The predicted octanol–water partition coefficient (Wildman–Crippen LogP) is 6.37. The number of nitrogen functional groups attached to an aromatic ring is 1. The Balaban J connectivity index is 1.44. The molecule has 190 valence electrons. The maximum Gasteiger partial charge on any atom is 0.239 e. The highest BCUT2D eigenvalue weighted by Gasteiger charge is 2.24. The van der Waals surface area contributed by atoms with E-state index in [1.54, 1.807) is 23.6 Å². The first-order valence-corrected chi connectivity index (χ1v) is 13.6. The van der Waals surface area contributed by atoms with Crippen molar-refractivity contribution in [1.29, 1.82) is 0 Å². The highest BCUT2D eigenvalue weighted by atomic mass is 32.1. The number of fused-ring (bicyclic) bond motifs is 4. The molecule has 0 radical (unpaired) electrons. The number of aryl methyl sites for hydroxylation is 1. The van der Waals surface area contributed by atoms with Crippen molar-refractivity contribution in [1.82, 2.24) is 29.5 Å². The minimum absolute atomic E-state index is 0.427. The lowest BCUT2D eigenvalue weighted by atomic mass is 10.0. The normalized spacial score (nSPS) is 13.4. The molecule has 0 amide bonds. The van der Waals surface area contributed by atoms with Crippen molar-refractivity contribution in [3.8, 4) is 17.5 Å². The number of hydrogen-bond donors (Lipinski definition) is 2. The first-order chi connectivity index (χ1) is 19.2. The average Bonchev–Trinajstić information content (AvgIpc) is 3.57. The Bertz CT molecular complexity index is 1900. The van der Waals surface area contributed by atoms with Gasteiger partial charge in [-0.15, -0.1) is 17.9 Å². The molecule has 1 aliphatic rings. The Morgan fingerprint density at radius 2 is 1.85 bits per heavy atom. The van der Waals surface area contributed by atoms with Crippen LogP contribution in [0.4, 0.5) is 11.4 Å². The van der Waals surface area contributed by atoms with Gasteiger partial charge in [-0.1, -0.05) is 36.4 Å². The van der Waals surface area contributed by atoms with E-state index in [0.29, 0.717) is 29.0 Å². The molecule has 3 N–H and O–H groups in total. The van der Waals surface area contributed by atoms with Gasteiger partial charge in [0.05, 0.1) is 34.3 Å². The van der Waals surface area contributed by atoms with E-state index in [4.69, 9.17) is 25.7 Å². The summed E-state index contributed by atoms with van der Waals surface area (Å²) in [6.45, 7) is 4.06. The fourth-order valence-corrected chi connectivity index (χ4v) is 5.91. The van der Waals surface area contributed by atoms with Crippen LogP contribution in [0.15, 0.2) is 84.9 Å². The number of aromatic nitrogens is 6. The zero-order chi connectivity index (χ0) is 26.3. The summed E-state index contributed by atoms with van der Waals surface area (Å²) in [5, 5.41) is 6.79. The highest BCUT2D eigenvalue weighted by Crippen LogP contribution is 2.36. The fourth-order valence-electron chi connectivity index (χ4n) is 4.97. The molecule has 0 bridgehead atoms. The largest absolute Gasteiger partial charge is 0.397 e. The van der Waals surface area contributed by atoms with Crippen LogP contribution in [0.5, 0.6) is 0 Å². The average molecular weight is 529 g/mol. The number of thiophene rings is 1. The molecule has 4 heterocycles. The van der Waals surface area contributed by atoms with Gasteiger partial charge in [0.25, 0.3) is 0 Å². The second-order valence-corrected chi connectivity index (χ2v) is 10.2. The van der Waals surface area contributed by atoms with Crippen molar-refractivity contribution in [3.05, 3.63) is 102 Å². The maximum absolute atomic E-state index is 6.23. The summed E-state index contributed by atoms with van der Waals surface area (Å²) in [5.74, 6) is 1.48. The van der Waals surface area contributed by atoms with Gasteiger partial charge in [-0.2, -0.15) is 9.97 Å². The van der Waals surface area contributed by atoms with Crippen LogP contribution in [0.25, 0.3) is 44.8 Å². The third-order valence-corrected chi connectivity index (χ3v) is 7.76. The van der Waals surface area contributed by atoms with Crippen LogP contribution in [0.3, 0.4) is 0 Å². The number of nitrogens with two attached hydrogens (primary N) is 1. The van der Waals surface area contributed by atoms with Crippen LogP contribution in [0.1, 0.15) is 29.5 Å². The smallest absolute Gasteiger partial charge is 0.239 e. The molecule has 4 aromatic heterocycles. The summed E-state index contributed by atoms with van der Waals surface area (Å²) < 4.78 is 2.13. The molecule has 7 rings (SSSR count). The summed E-state index contributed by atoms with van der Waals surface area (Å²) in [4.78, 5) is 25.4. The van der Waals surface area contributed by atoms with Crippen molar-refractivity contribution >= 4 is 50.0 Å². The molecule has 0 aliphatic heterocycles. The number of nitrogens with one attached hydrogen (secondary N) is 1. The Kier molecular flexibility index (Phi) is 5.63. The van der Waals surface area contributed by atoms with Gasteiger partial charge in [0.15, 0.2) is 11.6 Å². The number of para-hydroxylation sites is 4. The quantitative estimate of drug-likeness (QED) is 0.191. The first-order valence-electron chi connectivity index (χ1n) is 12.7. The summed E-state index contributed by atoms with van der Waals surface area (Å²) in [7, 11) is 0. The SMILES string of the molecule is C=CC(Nc1ccccc1N)c1nc(-c2cnc3ccccc3n2)nc(-n2c3c(c4ccsc42)CCC=C3)n1. The van der Waals surface area contributed by atoms with E-state index in [1.165, 1.54) is 10.9 Å². The molecule has 0 saturated heterocycles. The Labute approximate surface area is 228 Å². The standard InChI is InChI=1S/C30H24N8S/c1-2-21(33-22-11-5-4-10-20(22)31)27-35-28(25-17-32-23-12-6-7-13-24(23)34-25)37-30(36-27)38-26-14-8-3-9-18(26)19-15-16-39-29(19)38/h2,4-8,10-17,21,33H,1,3,9,31H2. The molecule has 0 saturated carbocycles. The van der Waals surface area contributed by atoms with Crippen molar-refractivity contribution in [2.75, 3.05) is 11.1 Å². The van der Waals surface area contributed by atoms with Gasteiger partial charge in [-0.25, -0.2) is 9.97 Å². The first kappa shape index (κ1) is 23.2. The molecule has 39 heavy (non-hydrogen) atoms. The molecule has 1 unspecified atom stereocenters. The molecule has 0 fully saturated rings. The summed E-state index contributed by atoms with van der Waals surface area (Å²) in [6.07, 6.45) is 9.85. The van der Waals surface area contributed by atoms with Crippen molar-refractivity contribution in [3.63, 3.8) is 0 Å². The number of anilines is 2. The maximum atomic E-state index is 6.23. The van der Waals surface area contributed by atoms with Gasteiger partial charge in [-0.3, -0.25) is 9.55 Å². The zero-order valence-electron chi connectivity index (χ0n) is 21.0.